The van der Waals surface area contributed by atoms with Crippen molar-refractivity contribution >= 4 is 11.6 Å². The summed E-state index contributed by atoms with van der Waals surface area (Å²) < 4.78 is 13.7. The molecule has 0 bridgehead atoms. The van der Waals surface area contributed by atoms with Crippen LogP contribution >= 0.6 is 11.6 Å². The van der Waals surface area contributed by atoms with Gasteiger partial charge in [-0.1, -0.05) is 24.4 Å². The fourth-order valence-corrected chi connectivity index (χ4v) is 3.26. The maximum atomic E-state index is 13.7. The van der Waals surface area contributed by atoms with Crippen LogP contribution in [0.3, 0.4) is 0 Å². The first kappa shape index (κ1) is 14.1. The summed E-state index contributed by atoms with van der Waals surface area (Å²) >= 11 is 6.25. The zero-order chi connectivity index (χ0) is 14.1. The molecule has 1 saturated carbocycles. The first-order valence-electron chi connectivity index (χ1n) is 7.28. The van der Waals surface area contributed by atoms with E-state index >= 15 is 0 Å². The fourth-order valence-electron chi connectivity index (χ4n) is 2.99. The zero-order valence-corrected chi connectivity index (χ0v) is 12.2. The van der Waals surface area contributed by atoms with Gasteiger partial charge in [-0.15, -0.1) is 0 Å². The highest BCUT2D eigenvalue weighted by molar-refractivity contribution is 6.31. The van der Waals surface area contributed by atoms with E-state index in [0.717, 1.165) is 32.6 Å². The second-order valence-electron chi connectivity index (χ2n) is 5.77. The maximum Gasteiger partial charge on any atom is 0.165 e. The normalized spacial score (nSPS) is 21.9. The molecule has 3 rings (SSSR count). The lowest BCUT2D eigenvalue weighted by Crippen LogP contribution is -2.45. The summed E-state index contributed by atoms with van der Waals surface area (Å²) in [7, 11) is 0. The lowest BCUT2D eigenvalue weighted by molar-refractivity contribution is 0.157. The molecule has 1 aliphatic heterocycles. The minimum Gasteiger partial charge on any atom is -0.505 e. The standard InChI is InChI=1S/C15H20ClFN2O/c16-11-3-4-12(17)15(20)14(11)13(9-10-1-2-10)19-7-5-18-6-8-19/h3-4,10,13,18,20H,1-2,5-9H2/t13-/m1/s1. The molecule has 0 unspecified atom stereocenters. The van der Waals surface area contributed by atoms with Gasteiger partial charge in [0.15, 0.2) is 11.6 Å². The number of nitrogens with zero attached hydrogens (tertiary/aromatic N) is 1. The number of hydrogen-bond acceptors (Lipinski definition) is 3. The molecule has 2 fully saturated rings. The summed E-state index contributed by atoms with van der Waals surface area (Å²) in [4.78, 5) is 2.31. The molecule has 1 atom stereocenters. The fraction of sp³-hybridized carbons (Fsp3) is 0.600. The van der Waals surface area contributed by atoms with E-state index in [1.165, 1.54) is 18.9 Å². The van der Waals surface area contributed by atoms with Gasteiger partial charge in [0.2, 0.25) is 0 Å². The zero-order valence-electron chi connectivity index (χ0n) is 11.4. The second kappa shape index (κ2) is 5.88. The van der Waals surface area contributed by atoms with E-state index in [-0.39, 0.29) is 11.8 Å². The molecule has 0 amide bonds. The highest BCUT2D eigenvalue weighted by Crippen LogP contribution is 2.45. The summed E-state index contributed by atoms with van der Waals surface area (Å²) in [5.41, 5.74) is 0.570. The van der Waals surface area contributed by atoms with E-state index in [9.17, 15) is 9.50 Å². The lowest BCUT2D eigenvalue weighted by atomic mass is 9.97. The number of benzene rings is 1. The predicted molar refractivity (Wildman–Crippen MR) is 77.6 cm³/mol. The summed E-state index contributed by atoms with van der Waals surface area (Å²) in [5.74, 6) is -0.171. The van der Waals surface area contributed by atoms with E-state index in [2.05, 4.69) is 10.2 Å². The van der Waals surface area contributed by atoms with Crippen molar-refractivity contribution in [2.24, 2.45) is 5.92 Å². The third kappa shape index (κ3) is 2.92. The molecule has 0 aromatic heterocycles. The summed E-state index contributed by atoms with van der Waals surface area (Å²) in [6, 6.07) is 2.80. The number of piperazine rings is 1. The molecule has 110 valence electrons. The number of nitrogens with one attached hydrogen (secondary N) is 1. The van der Waals surface area contributed by atoms with Crippen molar-refractivity contribution in [1.29, 1.82) is 0 Å². The molecule has 1 aliphatic carbocycles. The van der Waals surface area contributed by atoms with Crippen LogP contribution in [0.15, 0.2) is 12.1 Å². The molecule has 1 heterocycles. The molecule has 5 heteroatoms. The van der Waals surface area contributed by atoms with Crippen molar-refractivity contribution < 1.29 is 9.50 Å². The van der Waals surface area contributed by atoms with Crippen LogP contribution in [0.25, 0.3) is 0 Å². The van der Waals surface area contributed by atoms with Crippen LogP contribution in [0.5, 0.6) is 5.75 Å². The Morgan fingerprint density at radius 1 is 1.35 bits per heavy atom. The third-order valence-corrected chi connectivity index (χ3v) is 4.62. The number of halogens is 2. The Morgan fingerprint density at radius 3 is 2.70 bits per heavy atom. The van der Waals surface area contributed by atoms with E-state index in [1.54, 1.807) is 6.07 Å². The Balaban J connectivity index is 1.93. The molecule has 2 N–H and O–H groups in total. The van der Waals surface area contributed by atoms with Crippen LogP contribution in [-0.4, -0.2) is 36.2 Å². The molecule has 3 nitrogen and oxygen atoms in total. The lowest BCUT2D eigenvalue weighted by Gasteiger charge is -2.36. The maximum absolute atomic E-state index is 13.7. The summed E-state index contributed by atoms with van der Waals surface area (Å²) in [5, 5.41) is 13.9. The van der Waals surface area contributed by atoms with Crippen molar-refractivity contribution in [3.05, 3.63) is 28.5 Å². The van der Waals surface area contributed by atoms with E-state index in [4.69, 9.17) is 11.6 Å². The first-order chi connectivity index (χ1) is 9.66. The van der Waals surface area contributed by atoms with Crippen molar-refractivity contribution in [2.45, 2.75) is 25.3 Å². The average molecular weight is 299 g/mol. The minimum atomic E-state index is -0.583. The van der Waals surface area contributed by atoms with Crippen molar-refractivity contribution in [3.63, 3.8) is 0 Å². The smallest absolute Gasteiger partial charge is 0.165 e. The van der Waals surface area contributed by atoms with Crippen LogP contribution in [0, 0.1) is 11.7 Å². The molecular weight excluding hydrogens is 279 g/mol. The minimum absolute atomic E-state index is 0.0211. The molecule has 20 heavy (non-hydrogen) atoms. The van der Waals surface area contributed by atoms with Crippen LogP contribution in [0.4, 0.5) is 4.39 Å². The molecule has 2 aliphatic rings. The molecule has 1 aromatic rings. The van der Waals surface area contributed by atoms with Gasteiger partial charge < -0.3 is 10.4 Å². The van der Waals surface area contributed by atoms with Crippen LogP contribution in [0.1, 0.15) is 30.9 Å². The molecule has 0 radical (unpaired) electrons. The Labute approximate surface area is 123 Å². The van der Waals surface area contributed by atoms with Gasteiger partial charge >= 0.3 is 0 Å². The van der Waals surface area contributed by atoms with E-state index in [1.807, 2.05) is 0 Å². The second-order valence-corrected chi connectivity index (χ2v) is 6.18. The van der Waals surface area contributed by atoms with E-state index in [0.29, 0.717) is 16.5 Å². The number of hydrogen-bond donors (Lipinski definition) is 2. The third-order valence-electron chi connectivity index (χ3n) is 4.29. The average Bonchev–Trinajstić information content (AvgIpc) is 3.27. The van der Waals surface area contributed by atoms with Crippen LogP contribution in [0.2, 0.25) is 5.02 Å². The van der Waals surface area contributed by atoms with Gasteiger partial charge in [0, 0.05) is 42.8 Å². The molecule has 1 saturated heterocycles. The van der Waals surface area contributed by atoms with Crippen molar-refractivity contribution in [3.8, 4) is 5.75 Å². The summed E-state index contributed by atoms with van der Waals surface area (Å²) in [6.07, 6.45) is 3.42. The quantitative estimate of drug-likeness (QED) is 0.897. The van der Waals surface area contributed by atoms with Crippen LogP contribution < -0.4 is 5.32 Å². The Kier molecular flexibility index (Phi) is 4.15. The topological polar surface area (TPSA) is 35.5 Å². The summed E-state index contributed by atoms with van der Waals surface area (Å²) in [6.45, 7) is 3.66. The van der Waals surface area contributed by atoms with Crippen molar-refractivity contribution in [1.82, 2.24) is 10.2 Å². The van der Waals surface area contributed by atoms with Gasteiger partial charge in [0.25, 0.3) is 0 Å². The van der Waals surface area contributed by atoms with Crippen LogP contribution in [-0.2, 0) is 0 Å². The number of phenols is 1. The first-order valence-corrected chi connectivity index (χ1v) is 7.66. The van der Waals surface area contributed by atoms with Gasteiger partial charge in [-0.05, 0) is 24.5 Å². The Bertz CT molecular complexity index is 487. The molecule has 0 spiro atoms. The highest BCUT2D eigenvalue weighted by Gasteiger charge is 2.33. The van der Waals surface area contributed by atoms with Gasteiger partial charge in [-0.3, -0.25) is 4.90 Å². The molecular formula is C15H20ClFN2O. The number of rotatable bonds is 4. The number of phenolic OH excluding ortho intramolecular Hbond substituents is 1. The van der Waals surface area contributed by atoms with Gasteiger partial charge in [-0.25, -0.2) is 4.39 Å². The van der Waals surface area contributed by atoms with Crippen molar-refractivity contribution in [2.75, 3.05) is 26.2 Å². The predicted octanol–water partition coefficient (Wildman–Crippen LogP) is 2.93. The van der Waals surface area contributed by atoms with Gasteiger partial charge in [0.1, 0.15) is 0 Å². The van der Waals surface area contributed by atoms with E-state index < -0.39 is 5.82 Å². The SMILES string of the molecule is Oc1c(F)ccc(Cl)c1[C@@H](CC1CC1)N1CCNCC1. The highest BCUT2D eigenvalue weighted by atomic mass is 35.5. The molecule has 1 aromatic carbocycles. The van der Waals surface area contributed by atoms with Gasteiger partial charge in [-0.2, -0.15) is 0 Å². The number of aromatic hydroxyl groups is 1. The monoisotopic (exact) mass is 298 g/mol. The largest absolute Gasteiger partial charge is 0.505 e. The van der Waals surface area contributed by atoms with Gasteiger partial charge in [0.05, 0.1) is 0 Å². The Hall–Kier alpha value is -0.840. The Morgan fingerprint density at radius 2 is 2.05 bits per heavy atom.